The van der Waals surface area contributed by atoms with E-state index < -0.39 is 0 Å². The van der Waals surface area contributed by atoms with Crippen LogP contribution in [0.25, 0.3) is 0 Å². The van der Waals surface area contributed by atoms with Crippen LogP contribution < -0.4 is 10.6 Å². The van der Waals surface area contributed by atoms with Crippen molar-refractivity contribution in [1.82, 2.24) is 5.32 Å². The molecule has 0 fully saturated rings. The van der Waals surface area contributed by atoms with Crippen LogP contribution in [0.2, 0.25) is 0 Å². The van der Waals surface area contributed by atoms with Gasteiger partial charge in [0.15, 0.2) is 0 Å². The highest BCUT2D eigenvalue weighted by molar-refractivity contribution is 5.98. The van der Waals surface area contributed by atoms with Crippen LogP contribution in [0.5, 0.6) is 0 Å². The fourth-order valence-electron chi connectivity index (χ4n) is 1.93. The maximum Gasteiger partial charge on any atom is 0.251 e. The summed E-state index contributed by atoms with van der Waals surface area (Å²) in [6.07, 6.45) is 2.10. The first-order valence-corrected chi connectivity index (χ1v) is 6.33. The van der Waals surface area contributed by atoms with Crippen molar-refractivity contribution in [3.05, 3.63) is 29.3 Å². The molecule has 0 spiro atoms. The zero-order chi connectivity index (χ0) is 13.1. The molecule has 1 unspecified atom stereocenters. The van der Waals surface area contributed by atoms with Gasteiger partial charge in [0.05, 0.1) is 0 Å². The number of aryl methyl sites for hydroxylation is 1. The Labute approximate surface area is 107 Å². The fourth-order valence-corrected chi connectivity index (χ4v) is 1.93. The smallest absolute Gasteiger partial charge is 0.251 e. The second-order valence-electron chi connectivity index (χ2n) is 4.70. The molecule has 0 saturated heterocycles. The zero-order valence-corrected chi connectivity index (χ0v) is 10.7. The van der Waals surface area contributed by atoms with Gasteiger partial charge in [0, 0.05) is 23.7 Å². The molecule has 0 radical (unpaired) electrons. The van der Waals surface area contributed by atoms with E-state index in [1.165, 1.54) is 0 Å². The SMILES string of the molecule is CCC(C)NC(=O)c1ccc2c(c1)CCC(=O)N2. The summed E-state index contributed by atoms with van der Waals surface area (Å²) in [5.74, 6) is -0.0108. The molecule has 1 aliphatic rings. The quantitative estimate of drug-likeness (QED) is 0.858. The van der Waals surface area contributed by atoms with Gasteiger partial charge in [-0.3, -0.25) is 9.59 Å². The molecule has 2 rings (SSSR count). The van der Waals surface area contributed by atoms with Crippen LogP contribution in [-0.2, 0) is 11.2 Å². The molecule has 0 aromatic heterocycles. The third-order valence-electron chi connectivity index (χ3n) is 3.25. The van der Waals surface area contributed by atoms with Gasteiger partial charge in [-0.2, -0.15) is 0 Å². The molecule has 2 N–H and O–H groups in total. The number of rotatable bonds is 3. The van der Waals surface area contributed by atoms with Crippen molar-refractivity contribution in [2.24, 2.45) is 0 Å². The van der Waals surface area contributed by atoms with Crippen molar-refractivity contribution < 1.29 is 9.59 Å². The molecular formula is C14H18N2O2. The van der Waals surface area contributed by atoms with Gasteiger partial charge >= 0.3 is 0 Å². The van der Waals surface area contributed by atoms with Crippen LogP contribution in [0, 0.1) is 0 Å². The van der Waals surface area contributed by atoms with Crippen molar-refractivity contribution >= 4 is 17.5 Å². The number of anilines is 1. The molecule has 2 amide bonds. The minimum atomic E-state index is -0.0518. The molecule has 0 saturated carbocycles. The van der Waals surface area contributed by atoms with Crippen LogP contribution >= 0.6 is 0 Å². The third kappa shape index (κ3) is 2.70. The lowest BCUT2D eigenvalue weighted by atomic mass is 10.00. The Morgan fingerprint density at radius 2 is 2.22 bits per heavy atom. The lowest BCUT2D eigenvalue weighted by Gasteiger charge is -2.18. The predicted molar refractivity (Wildman–Crippen MR) is 70.6 cm³/mol. The Bertz CT molecular complexity index is 483. The molecule has 1 aliphatic heterocycles. The van der Waals surface area contributed by atoms with E-state index in [-0.39, 0.29) is 17.9 Å². The summed E-state index contributed by atoms with van der Waals surface area (Å²) in [5.41, 5.74) is 2.52. The number of benzene rings is 1. The molecule has 1 aromatic carbocycles. The highest BCUT2D eigenvalue weighted by Gasteiger charge is 2.17. The number of carbonyl (C=O) groups is 2. The molecular weight excluding hydrogens is 228 g/mol. The maximum absolute atomic E-state index is 12.0. The lowest BCUT2D eigenvalue weighted by Crippen LogP contribution is -2.32. The first kappa shape index (κ1) is 12.6. The van der Waals surface area contributed by atoms with Crippen LogP contribution in [0.15, 0.2) is 18.2 Å². The molecule has 0 bridgehead atoms. The topological polar surface area (TPSA) is 58.2 Å². The van der Waals surface area contributed by atoms with E-state index in [1.54, 1.807) is 12.1 Å². The molecule has 0 aliphatic carbocycles. The van der Waals surface area contributed by atoms with E-state index in [2.05, 4.69) is 10.6 Å². The summed E-state index contributed by atoms with van der Waals surface area (Å²) in [4.78, 5) is 23.2. The zero-order valence-electron chi connectivity index (χ0n) is 10.7. The van der Waals surface area contributed by atoms with Crippen molar-refractivity contribution in [2.45, 2.75) is 39.2 Å². The van der Waals surface area contributed by atoms with Crippen LogP contribution in [0.4, 0.5) is 5.69 Å². The highest BCUT2D eigenvalue weighted by Crippen LogP contribution is 2.23. The van der Waals surface area contributed by atoms with Gasteiger partial charge < -0.3 is 10.6 Å². The molecule has 96 valence electrons. The Balaban J connectivity index is 2.16. The normalized spacial score (nSPS) is 15.6. The predicted octanol–water partition coefficient (Wildman–Crippen LogP) is 2.10. The minimum Gasteiger partial charge on any atom is -0.350 e. The Kier molecular flexibility index (Phi) is 3.65. The number of nitrogens with one attached hydrogen (secondary N) is 2. The molecule has 1 aromatic rings. The van der Waals surface area contributed by atoms with E-state index in [0.29, 0.717) is 18.4 Å². The summed E-state index contributed by atoms with van der Waals surface area (Å²) in [6, 6.07) is 5.60. The number of amides is 2. The van der Waals surface area contributed by atoms with Gasteiger partial charge in [0.2, 0.25) is 5.91 Å². The average molecular weight is 246 g/mol. The largest absolute Gasteiger partial charge is 0.350 e. The van der Waals surface area contributed by atoms with Crippen LogP contribution in [0.3, 0.4) is 0 Å². The molecule has 4 heteroatoms. The molecule has 1 atom stereocenters. The van der Waals surface area contributed by atoms with Crippen molar-refractivity contribution in [1.29, 1.82) is 0 Å². The van der Waals surface area contributed by atoms with Gasteiger partial charge in [-0.15, -0.1) is 0 Å². The van der Waals surface area contributed by atoms with Crippen LogP contribution in [-0.4, -0.2) is 17.9 Å². The molecule has 4 nitrogen and oxygen atoms in total. The third-order valence-corrected chi connectivity index (χ3v) is 3.25. The standard InChI is InChI=1S/C14H18N2O2/c1-3-9(2)15-14(18)11-4-6-12-10(8-11)5-7-13(17)16-12/h4,6,8-9H,3,5,7H2,1-2H3,(H,15,18)(H,16,17). The van der Waals surface area contributed by atoms with E-state index in [4.69, 9.17) is 0 Å². The Hall–Kier alpha value is -1.84. The van der Waals surface area contributed by atoms with Gasteiger partial charge in [-0.25, -0.2) is 0 Å². The Morgan fingerprint density at radius 3 is 2.94 bits per heavy atom. The number of hydrogen-bond donors (Lipinski definition) is 2. The summed E-state index contributed by atoms with van der Waals surface area (Å²) in [6.45, 7) is 4.02. The van der Waals surface area contributed by atoms with E-state index in [9.17, 15) is 9.59 Å². The van der Waals surface area contributed by atoms with E-state index >= 15 is 0 Å². The van der Waals surface area contributed by atoms with Crippen LogP contribution in [0.1, 0.15) is 42.6 Å². The number of fused-ring (bicyclic) bond motifs is 1. The van der Waals surface area contributed by atoms with Gasteiger partial charge in [-0.05, 0) is 43.5 Å². The number of hydrogen-bond acceptors (Lipinski definition) is 2. The highest BCUT2D eigenvalue weighted by atomic mass is 16.2. The van der Waals surface area contributed by atoms with Gasteiger partial charge in [-0.1, -0.05) is 6.92 Å². The van der Waals surface area contributed by atoms with E-state index in [1.807, 2.05) is 19.9 Å². The van der Waals surface area contributed by atoms with E-state index in [0.717, 1.165) is 17.7 Å². The Morgan fingerprint density at radius 1 is 1.44 bits per heavy atom. The summed E-state index contributed by atoms with van der Waals surface area (Å²) in [7, 11) is 0. The second kappa shape index (κ2) is 5.21. The summed E-state index contributed by atoms with van der Waals surface area (Å²) < 4.78 is 0. The second-order valence-corrected chi connectivity index (χ2v) is 4.70. The monoisotopic (exact) mass is 246 g/mol. The van der Waals surface area contributed by atoms with Crippen molar-refractivity contribution in [3.8, 4) is 0 Å². The maximum atomic E-state index is 12.0. The minimum absolute atomic E-state index is 0.0410. The van der Waals surface area contributed by atoms with Gasteiger partial charge in [0.1, 0.15) is 0 Å². The average Bonchev–Trinajstić information content (AvgIpc) is 2.37. The first-order valence-electron chi connectivity index (χ1n) is 6.33. The molecule has 1 heterocycles. The van der Waals surface area contributed by atoms with Gasteiger partial charge in [0.25, 0.3) is 5.91 Å². The van der Waals surface area contributed by atoms with Crippen molar-refractivity contribution in [3.63, 3.8) is 0 Å². The summed E-state index contributed by atoms with van der Waals surface area (Å²) in [5, 5.41) is 5.74. The first-order chi connectivity index (χ1) is 8.60. The van der Waals surface area contributed by atoms with Crippen molar-refractivity contribution in [2.75, 3.05) is 5.32 Å². The molecule has 18 heavy (non-hydrogen) atoms. The fraction of sp³-hybridized carbons (Fsp3) is 0.429. The lowest BCUT2D eigenvalue weighted by molar-refractivity contribution is -0.116. The number of carbonyl (C=O) groups excluding carboxylic acids is 2. The summed E-state index contributed by atoms with van der Waals surface area (Å²) >= 11 is 0.